The van der Waals surface area contributed by atoms with Crippen LogP contribution in [0.4, 0.5) is 4.39 Å². The number of rotatable bonds is 6. The van der Waals surface area contributed by atoms with E-state index in [4.69, 9.17) is 4.74 Å². The number of hydrogen-bond donors (Lipinski definition) is 1. The molecule has 1 aromatic carbocycles. The summed E-state index contributed by atoms with van der Waals surface area (Å²) in [4.78, 5) is 0. The normalized spacial score (nSPS) is 12.2. The summed E-state index contributed by atoms with van der Waals surface area (Å²) >= 11 is 0. The second kappa shape index (κ2) is 6.28. The minimum Gasteiger partial charge on any atom is -0.497 e. The fourth-order valence-corrected chi connectivity index (χ4v) is 1.42. The second-order valence-corrected chi connectivity index (χ2v) is 3.76. The lowest BCUT2D eigenvalue weighted by molar-refractivity contribution is 0.410. The van der Waals surface area contributed by atoms with E-state index in [0.717, 1.165) is 6.42 Å². The molecule has 0 bridgehead atoms. The number of nitrogens with one attached hydrogen (secondary N) is 1. The first-order valence-corrected chi connectivity index (χ1v) is 5.34. The van der Waals surface area contributed by atoms with Crippen molar-refractivity contribution in [1.82, 2.24) is 5.32 Å². The highest BCUT2D eigenvalue weighted by Crippen LogP contribution is 2.16. The Kier molecular flexibility index (Phi) is 4.99. The molecule has 0 amide bonds. The summed E-state index contributed by atoms with van der Waals surface area (Å²) < 4.78 is 18.5. The van der Waals surface area contributed by atoms with Crippen LogP contribution in [0.1, 0.15) is 18.9 Å². The second-order valence-electron chi connectivity index (χ2n) is 3.76. The van der Waals surface area contributed by atoms with Crippen LogP contribution in [0.25, 0.3) is 0 Å². The molecule has 0 spiro atoms. The molecule has 1 rings (SSSR count). The molecule has 0 aliphatic carbocycles. The predicted octanol–water partition coefficient (Wildman–Crippen LogP) is 2.89. The van der Waals surface area contributed by atoms with Crippen molar-refractivity contribution in [2.24, 2.45) is 0 Å². The molecule has 0 saturated carbocycles. The Morgan fingerprint density at radius 2 is 2.31 bits per heavy atom. The van der Waals surface area contributed by atoms with Crippen molar-refractivity contribution in [2.45, 2.75) is 25.9 Å². The number of methoxy groups -OCH3 is 1. The van der Waals surface area contributed by atoms with Crippen LogP contribution >= 0.6 is 0 Å². The zero-order valence-electron chi connectivity index (χ0n) is 9.79. The van der Waals surface area contributed by atoms with Crippen molar-refractivity contribution in [3.63, 3.8) is 0 Å². The first kappa shape index (κ1) is 12.7. The van der Waals surface area contributed by atoms with Gasteiger partial charge in [0.05, 0.1) is 7.11 Å². The lowest BCUT2D eigenvalue weighted by Crippen LogP contribution is -2.25. The molecule has 16 heavy (non-hydrogen) atoms. The minimum absolute atomic E-state index is 0.238. The van der Waals surface area contributed by atoms with Gasteiger partial charge in [-0.1, -0.05) is 12.1 Å². The highest BCUT2D eigenvalue weighted by molar-refractivity contribution is 5.28. The maximum absolute atomic E-state index is 13.5. The van der Waals surface area contributed by atoms with E-state index in [9.17, 15) is 4.39 Å². The monoisotopic (exact) mass is 223 g/mol. The van der Waals surface area contributed by atoms with Gasteiger partial charge in [-0.15, -0.1) is 6.58 Å². The Bertz CT molecular complexity index is 352. The minimum atomic E-state index is -0.238. The molecule has 2 nitrogen and oxygen atoms in total. The van der Waals surface area contributed by atoms with Crippen molar-refractivity contribution in [3.05, 3.63) is 42.2 Å². The van der Waals surface area contributed by atoms with E-state index in [1.54, 1.807) is 12.1 Å². The Morgan fingerprint density at radius 1 is 1.56 bits per heavy atom. The van der Waals surface area contributed by atoms with Crippen LogP contribution in [0.3, 0.4) is 0 Å². The van der Waals surface area contributed by atoms with Gasteiger partial charge in [-0.2, -0.15) is 0 Å². The topological polar surface area (TPSA) is 21.3 Å². The molecule has 3 heteroatoms. The summed E-state index contributed by atoms with van der Waals surface area (Å²) in [5.74, 6) is 0.304. The molecule has 1 N–H and O–H groups in total. The van der Waals surface area contributed by atoms with E-state index in [1.165, 1.54) is 13.2 Å². The fourth-order valence-electron chi connectivity index (χ4n) is 1.42. The molecule has 0 saturated heterocycles. The molecule has 1 unspecified atom stereocenters. The average Bonchev–Trinajstić information content (AvgIpc) is 2.27. The van der Waals surface area contributed by atoms with Crippen molar-refractivity contribution in [1.29, 1.82) is 0 Å². The predicted molar refractivity (Wildman–Crippen MR) is 64.1 cm³/mol. The van der Waals surface area contributed by atoms with Gasteiger partial charge in [-0.05, 0) is 19.4 Å². The first-order valence-electron chi connectivity index (χ1n) is 5.34. The fraction of sp³-hybridized carbons (Fsp3) is 0.385. The van der Waals surface area contributed by atoms with E-state index in [2.05, 4.69) is 11.9 Å². The van der Waals surface area contributed by atoms with Crippen LogP contribution in [-0.2, 0) is 6.54 Å². The molecule has 0 heterocycles. The molecule has 88 valence electrons. The Hall–Kier alpha value is -1.35. The van der Waals surface area contributed by atoms with Crippen LogP contribution in [0.5, 0.6) is 5.75 Å². The Balaban J connectivity index is 2.57. The third-order valence-corrected chi connectivity index (χ3v) is 2.42. The summed E-state index contributed by atoms with van der Waals surface area (Å²) in [6, 6.07) is 5.20. The van der Waals surface area contributed by atoms with Crippen LogP contribution in [0.15, 0.2) is 30.9 Å². The van der Waals surface area contributed by atoms with Crippen LogP contribution in [-0.4, -0.2) is 13.2 Å². The molecule has 0 aliphatic rings. The number of halogens is 1. The summed E-state index contributed by atoms with van der Waals surface area (Å²) in [5, 5.41) is 3.23. The molecular weight excluding hydrogens is 205 g/mol. The van der Waals surface area contributed by atoms with Gasteiger partial charge in [0.25, 0.3) is 0 Å². The highest BCUT2D eigenvalue weighted by atomic mass is 19.1. The van der Waals surface area contributed by atoms with Gasteiger partial charge in [-0.25, -0.2) is 4.39 Å². The third-order valence-electron chi connectivity index (χ3n) is 2.42. The molecular formula is C13H18FNO. The van der Waals surface area contributed by atoms with Gasteiger partial charge < -0.3 is 10.1 Å². The zero-order valence-corrected chi connectivity index (χ0v) is 9.79. The summed E-state index contributed by atoms with van der Waals surface area (Å²) in [7, 11) is 1.53. The van der Waals surface area contributed by atoms with E-state index in [0.29, 0.717) is 23.9 Å². The van der Waals surface area contributed by atoms with Gasteiger partial charge in [0.2, 0.25) is 0 Å². The van der Waals surface area contributed by atoms with Gasteiger partial charge in [0.15, 0.2) is 0 Å². The molecule has 1 atom stereocenters. The molecule has 0 radical (unpaired) electrons. The molecule has 0 aliphatic heterocycles. The Labute approximate surface area is 96.1 Å². The Morgan fingerprint density at radius 3 is 2.88 bits per heavy atom. The molecule has 0 aromatic heterocycles. The quantitative estimate of drug-likeness (QED) is 0.749. The largest absolute Gasteiger partial charge is 0.497 e. The van der Waals surface area contributed by atoms with Crippen LogP contribution < -0.4 is 10.1 Å². The smallest absolute Gasteiger partial charge is 0.131 e. The number of benzene rings is 1. The van der Waals surface area contributed by atoms with Gasteiger partial charge >= 0.3 is 0 Å². The van der Waals surface area contributed by atoms with Crippen molar-refractivity contribution in [2.75, 3.05) is 7.11 Å². The van der Waals surface area contributed by atoms with E-state index >= 15 is 0 Å². The SMILES string of the molecule is C=CCC(C)NCc1ccc(OC)cc1F. The van der Waals surface area contributed by atoms with E-state index in [1.807, 2.05) is 13.0 Å². The average molecular weight is 223 g/mol. The third kappa shape index (κ3) is 3.66. The maximum Gasteiger partial charge on any atom is 0.131 e. The summed E-state index contributed by atoms with van der Waals surface area (Å²) in [6.45, 7) is 6.23. The van der Waals surface area contributed by atoms with Crippen molar-refractivity contribution in [3.8, 4) is 5.75 Å². The van der Waals surface area contributed by atoms with Crippen LogP contribution in [0.2, 0.25) is 0 Å². The number of hydrogen-bond acceptors (Lipinski definition) is 2. The van der Waals surface area contributed by atoms with Crippen molar-refractivity contribution < 1.29 is 9.13 Å². The van der Waals surface area contributed by atoms with Crippen LogP contribution in [0, 0.1) is 5.82 Å². The molecule has 0 fully saturated rings. The summed E-state index contributed by atoms with van der Waals surface area (Å²) in [5.41, 5.74) is 0.650. The van der Waals surface area contributed by atoms with Gasteiger partial charge in [0, 0.05) is 24.2 Å². The standard InChI is InChI=1S/C13H18FNO/c1-4-5-10(2)15-9-11-6-7-12(16-3)8-13(11)14/h4,6-8,10,15H,1,5,9H2,2-3H3. The first-order chi connectivity index (χ1) is 7.67. The summed E-state index contributed by atoms with van der Waals surface area (Å²) in [6.07, 6.45) is 2.72. The van der Waals surface area contributed by atoms with E-state index < -0.39 is 0 Å². The van der Waals surface area contributed by atoms with E-state index in [-0.39, 0.29) is 5.82 Å². The lowest BCUT2D eigenvalue weighted by atomic mass is 10.1. The van der Waals surface area contributed by atoms with Gasteiger partial charge in [-0.3, -0.25) is 0 Å². The zero-order chi connectivity index (χ0) is 12.0. The number of ether oxygens (including phenoxy) is 1. The highest BCUT2D eigenvalue weighted by Gasteiger charge is 2.05. The lowest BCUT2D eigenvalue weighted by Gasteiger charge is -2.12. The van der Waals surface area contributed by atoms with Crippen molar-refractivity contribution >= 4 is 0 Å². The maximum atomic E-state index is 13.5. The molecule has 1 aromatic rings. The van der Waals surface area contributed by atoms with Gasteiger partial charge in [0.1, 0.15) is 11.6 Å².